The lowest BCUT2D eigenvalue weighted by Gasteiger charge is -2.07. The van der Waals surface area contributed by atoms with Gasteiger partial charge in [0.25, 0.3) is 5.91 Å². The molecule has 0 aliphatic heterocycles. The summed E-state index contributed by atoms with van der Waals surface area (Å²) >= 11 is 0. The highest BCUT2D eigenvalue weighted by Gasteiger charge is 2.26. The SMILES string of the molecule is Cc1nc(C(=O)NCCc2cnc(C3CC3)nc2)ccc1C(=O)O. The highest BCUT2D eigenvalue weighted by molar-refractivity contribution is 5.94. The van der Waals surface area contributed by atoms with Gasteiger partial charge in [0.15, 0.2) is 0 Å². The van der Waals surface area contributed by atoms with Gasteiger partial charge in [-0.2, -0.15) is 0 Å². The molecule has 7 heteroatoms. The second kappa shape index (κ2) is 6.74. The summed E-state index contributed by atoms with van der Waals surface area (Å²) in [6.45, 7) is 2.01. The van der Waals surface area contributed by atoms with Crippen LogP contribution in [0.3, 0.4) is 0 Å². The first kappa shape index (κ1) is 16.0. The maximum atomic E-state index is 12.1. The van der Waals surface area contributed by atoms with Gasteiger partial charge in [0.1, 0.15) is 11.5 Å². The summed E-state index contributed by atoms with van der Waals surface area (Å²) in [6, 6.07) is 2.81. The van der Waals surface area contributed by atoms with Crippen LogP contribution in [-0.2, 0) is 6.42 Å². The van der Waals surface area contributed by atoms with Crippen molar-refractivity contribution in [1.82, 2.24) is 20.3 Å². The predicted molar refractivity (Wildman–Crippen MR) is 86.0 cm³/mol. The molecule has 2 N–H and O–H groups in total. The largest absolute Gasteiger partial charge is 0.478 e. The molecule has 0 bridgehead atoms. The third-order valence-corrected chi connectivity index (χ3v) is 3.92. The van der Waals surface area contributed by atoms with E-state index >= 15 is 0 Å². The predicted octanol–water partition coefficient (Wildman–Crippen LogP) is 1.73. The number of aromatic nitrogens is 3. The number of hydrogen-bond donors (Lipinski definition) is 2. The van der Waals surface area contributed by atoms with Gasteiger partial charge in [-0.05, 0) is 43.9 Å². The number of pyridine rings is 1. The number of carbonyl (C=O) groups is 2. The van der Waals surface area contributed by atoms with E-state index in [4.69, 9.17) is 5.11 Å². The van der Waals surface area contributed by atoms with Crippen LogP contribution in [0, 0.1) is 6.92 Å². The molecule has 1 amide bonds. The molecule has 0 aromatic carbocycles. The van der Waals surface area contributed by atoms with Gasteiger partial charge >= 0.3 is 5.97 Å². The minimum Gasteiger partial charge on any atom is -0.478 e. The first-order valence-corrected chi connectivity index (χ1v) is 7.84. The van der Waals surface area contributed by atoms with E-state index in [1.54, 1.807) is 19.3 Å². The summed E-state index contributed by atoms with van der Waals surface area (Å²) in [7, 11) is 0. The fourth-order valence-corrected chi connectivity index (χ4v) is 2.37. The highest BCUT2D eigenvalue weighted by atomic mass is 16.4. The molecule has 2 aromatic heterocycles. The minimum atomic E-state index is -1.05. The molecule has 2 aromatic rings. The van der Waals surface area contributed by atoms with Crippen LogP contribution >= 0.6 is 0 Å². The molecule has 0 saturated heterocycles. The molecular weight excluding hydrogens is 308 g/mol. The van der Waals surface area contributed by atoms with Crippen LogP contribution < -0.4 is 5.32 Å². The number of hydrogen-bond acceptors (Lipinski definition) is 5. The number of aromatic carboxylic acids is 1. The Kier molecular flexibility index (Phi) is 4.50. The topological polar surface area (TPSA) is 105 Å². The van der Waals surface area contributed by atoms with Gasteiger partial charge in [0, 0.05) is 24.9 Å². The number of nitrogens with one attached hydrogen (secondary N) is 1. The molecule has 1 fully saturated rings. The first-order chi connectivity index (χ1) is 11.5. The van der Waals surface area contributed by atoms with Crippen LogP contribution in [-0.4, -0.2) is 38.5 Å². The van der Waals surface area contributed by atoms with Crippen molar-refractivity contribution in [3.63, 3.8) is 0 Å². The molecule has 124 valence electrons. The van der Waals surface area contributed by atoms with Crippen molar-refractivity contribution in [2.45, 2.75) is 32.1 Å². The second-order valence-electron chi connectivity index (χ2n) is 5.86. The molecular formula is C17H18N4O3. The third kappa shape index (κ3) is 3.73. The third-order valence-electron chi connectivity index (χ3n) is 3.92. The molecule has 7 nitrogen and oxygen atoms in total. The Morgan fingerprint density at radius 3 is 2.54 bits per heavy atom. The van der Waals surface area contributed by atoms with Gasteiger partial charge in [-0.3, -0.25) is 4.79 Å². The lowest BCUT2D eigenvalue weighted by atomic mass is 10.2. The number of amides is 1. The van der Waals surface area contributed by atoms with Gasteiger partial charge in [0.2, 0.25) is 0 Å². The van der Waals surface area contributed by atoms with Gasteiger partial charge in [0.05, 0.1) is 11.3 Å². The van der Waals surface area contributed by atoms with Gasteiger partial charge in [-0.15, -0.1) is 0 Å². The van der Waals surface area contributed by atoms with Crippen molar-refractivity contribution in [3.8, 4) is 0 Å². The second-order valence-corrected chi connectivity index (χ2v) is 5.86. The fraction of sp³-hybridized carbons (Fsp3) is 0.353. The van der Waals surface area contributed by atoms with Crippen LogP contribution in [0.15, 0.2) is 24.5 Å². The number of rotatable bonds is 6. The number of carboxylic acid groups (broad SMARTS) is 1. The zero-order chi connectivity index (χ0) is 17.1. The lowest BCUT2D eigenvalue weighted by molar-refractivity contribution is 0.0694. The van der Waals surface area contributed by atoms with E-state index in [0.717, 1.165) is 11.4 Å². The summed E-state index contributed by atoms with van der Waals surface area (Å²) in [5.41, 5.74) is 1.58. The molecule has 0 atom stereocenters. The van der Waals surface area contributed by atoms with Crippen molar-refractivity contribution in [2.75, 3.05) is 6.54 Å². The highest BCUT2D eigenvalue weighted by Crippen LogP contribution is 2.37. The van der Waals surface area contributed by atoms with Gasteiger partial charge < -0.3 is 10.4 Å². The molecule has 0 unspecified atom stereocenters. The van der Waals surface area contributed by atoms with Crippen LogP contribution in [0.1, 0.15) is 56.7 Å². The molecule has 0 spiro atoms. The normalized spacial score (nSPS) is 13.5. The first-order valence-electron chi connectivity index (χ1n) is 7.84. The van der Waals surface area contributed by atoms with Crippen molar-refractivity contribution < 1.29 is 14.7 Å². The van der Waals surface area contributed by atoms with E-state index in [2.05, 4.69) is 20.3 Å². The molecule has 0 radical (unpaired) electrons. The molecule has 1 aliphatic carbocycles. The van der Waals surface area contributed by atoms with Gasteiger partial charge in [-0.1, -0.05) is 0 Å². The summed E-state index contributed by atoms with van der Waals surface area (Å²) in [5, 5.41) is 11.7. The van der Waals surface area contributed by atoms with Crippen LogP contribution in [0.4, 0.5) is 0 Å². The lowest BCUT2D eigenvalue weighted by Crippen LogP contribution is -2.27. The van der Waals surface area contributed by atoms with Gasteiger partial charge in [-0.25, -0.2) is 19.7 Å². The zero-order valence-corrected chi connectivity index (χ0v) is 13.3. The maximum Gasteiger partial charge on any atom is 0.337 e. The Labute approximate surface area is 139 Å². The summed E-state index contributed by atoms with van der Waals surface area (Å²) in [6.07, 6.45) is 6.57. The van der Waals surface area contributed by atoms with Crippen molar-refractivity contribution in [1.29, 1.82) is 0 Å². The van der Waals surface area contributed by atoms with E-state index in [1.165, 1.54) is 25.0 Å². The summed E-state index contributed by atoms with van der Waals surface area (Å²) in [5.74, 6) is 0.0509. The number of carboxylic acids is 1. The van der Waals surface area contributed by atoms with Crippen LogP contribution in [0.2, 0.25) is 0 Å². The Morgan fingerprint density at radius 2 is 1.96 bits per heavy atom. The number of carbonyl (C=O) groups excluding carboxylic acids is 1. The smallest absolute Gasteiger partial charge is 0.337 e. The Morgan fingerprint density at radius 1 is 1.25 bits per heavy atom. The quantitative estimate of drug-likeness (QED) is 0.837. The van der Waals surface area contributed by atoms with Crippen LogP contribution in [0.25, 0.3) is 0 Å². The van der Waals surface area contributed by atoms with E-state index in [0.29, 0.717) is 24.6 Å². The molecule has 1 saturated carbocycles. The fourth-order valence-electron chi connectivity index (χ4n) is 2.37. The van der Waals surface area contributed by atoms with Crippen molar-refractivity contribution in [3.05, 3.63) is 52.9 Å². The average Bonchev–Trinajstić information content (AvgIpc) is 3.40. The maximum absolute atomic E-state index is 12.1. The average molecular weight is 326 g/mol. The van der Waals surface area contributed by atoms with E-state index < -0.39 is 5.97 Å². The van der Waals surface area contributed by atoms with Crippen LogP contribution in [0.5, 0.6) is 0 Å². The van der Waals surface area contributed by atoms with Crippen molar-refractivity contribution in [2.24, 2.45) is 0 Å². The Bertz CT molecular complexity index is 770. The number of aryl methyl sites for hydroxylation is 1. The summed E-state index contributed by atoms with van der Waals surface area (Å²) in [4.78, 5) is 35.7. The standard InChI is InChI=1S/C17H18N4O3/c1-10-13(17(23)24)4-5-14(21-10)16(22)18-7-6-11-8-19-15(20-9-11)12-2-3-12/h4-5,8-9,12H,2-3,6-7H2,1H3,(H,18,22)(H,23,24). The molecule has 3 rings (SSSR count). The monoisotopic (exact) mass is 326 g/mol. The zero-order valence-electron chi connectivity index (χ0n) is 13.3. The molecule has 24 heavy (non-hydrogen) atoms. The summed E-state index contributed by atoms with van der Waals surface area (Å²) < 4.78 is 0. The van der Waals surface area contributed by atoms with E-state index in [-0.39, 0.29) is 17.2 Å². The van der Waals surface area contributed by atoms with E-state index in [9.17, 15) is 9.59 Å². The number of nitrogens with zero attached hydrogens (tertiary/aromatic N) is 3. The van der Waals surface area contributed by atoms with E-state index in [1.807, 2.05) is 0 Å². The Hall–Kier alpha value is -2.83. The van der Waals surface area contributed by atoms with Crippen molar-refractivity contribution >= 4 is 11.9 Å². The molecule has 2 heterocycles. The molecule has 1 aliphatic rings. The minimum absolute atomic E-state index is 0.0967. The Balaban J connectivity index is 1.53.